The van der Waals surface area contributed by atoms with Crippen LogP contribution in [0.15, 0.2) is 12.1 Å². The van der Waals surface area contributed by atoms with Crippen LogP contribution in [-0.4, -0.2) is 12.2 Å². The topological polar surface area (TPSA) is 29.5 Å². The van der Waals surface area contributed by atoms with E-state index < -0.39 is 0 Å². The molecule has 2 fully saturated rings. The van der Waals surface area contributed by atoms with Gasteiger partial charge in [0.05, 0.1) is 7.11 Å². The third kappa shape index (κ3) is 1.95. The monoisotopic (exact) mass is 328 g/mol. The van der Waals surface area contributed by atoms with Gasteiger partial charge in [0.1, 0.15) is 11.5 Å². The molecule has 0 amide bonds. The molecule has 0 aromatic heterocycles. The van der Waals surface area contributed by atoms with Crippen LogP contribution in [-0.2, 0) is 11.8 Å². The smallest absolute Gasteiger partial charge is 0.123 e. The Labute approximate surface area is 146 Å². The molecule has 4 atom stereocenters. The maximum atomic E-state index is 10.8. The Morgan fingerprint density at radius 3 is 2.50 bits per heavy atom. The second-order valence-corrected chi connectivity index (χ2v) is 9.79. The van der Waals surface area contributed by atoms with Crippen LogP contribution < -0.4 is 4.74 Å². The molecule has 3 aliphatic carbocycles. The van der Waals surface area contributed by atoms with Gasteiger partial charge >= 0.3 is 0 Å². The second kappa shape index (κ2) is 4.93. The Hall–Kier alpha value is -1.18. The van der Waals surface area contributed by atoms with Gasteiger partial charge in [-0.1, -0.05) is 34.1 Å². The standard InChI is InChI=1S/C22H32O2/c1-20(2)8-6-9-21(3)17(20)7-10-22(4)18(21)12-14-11-15(24-5)13-16(23)19(14)22/h11,13,17-18,23H,6-10,12H2,1-5H3. The number of aromatic hydroxyl groups is 1. The van der Waals surface area contributed by atoms with Crippen molar-refractivity contribution in [2.45, 2.75) is 71.6 Å². The van der Waals surface area contributed by atoms with E-state index in [1.165, 1.54) is 43.2 Å². The lowest BCUT2D eigenvalue weighted by Crippen LogP contribution is -2.55. The Kier molecular flexibility index (Phi) is 3.34. The Morgan fingerprint density at radius 1 is 1.04 bits per heavy atom. The molecular weight excluding hydrogens is 296 g/mol. The number of ether oxygens (including phenoxy) is 1. The number of rotatable bonds is 1. The van der Waals surface area contributed by atoms with Gasteiger partial charge in [0, 0.05) is 17.0 Å². The van der Waals surface area contributed by atoms with Crippen LogP contribution in [0.25, 0.3) is 0 Å². The number of phenolic OH excluding ortho intramolecular Hbond substituents is 1. The maximum Gasteiger partial charge on any atom is 0.123 e. The molecule has 132 valence electrons. The van der Waals surface area contributed by atoms with Crippen LogP contribution in [0, 0.1) is 22.7 Å². The van der Waals surface area contributed by atoms with Gasteiger partial charge in [0.25, 0.3) is 0 Å². The van der Waals surface area contributed by atoms with E-state index >= 15 is 0 Å². The fraction of sp³-hybridized carbons (Fsp3) is 0.727. The Morgan fingerprint density at radius 2 is 1.79 bits per heavy atom. The summed E-state index contributed by atoms with van der Waals surface area (Å²) in [5.74, 6) is 2.68. The van der Waals surface area contributed by atoms with Crippen molar-refractivity contribution < 1.29 is 9.84 Å². The molecule has 4 unspecified atom stereocenters. The lowest BCUT2D eigenvalue weighted by atomic mass is 9.43. The van der Waals surface area contributed by atoms with Crippen molar-refractivity contribution >= 4 is 0 Å². The van der Waals surface area contributed by atoms with E-state index in [1.54, 1.807) is 7.11 Å². The highest BCUT2D eigenvalue weighted by molar-refractivity contribution is 5.54. The summed E-state index contributed by atoms with van der Waals surface area (Å²) in [7, 11) is 1.69. The highest BCUT2D eigenvalue weighted by Crippen LogP contribution is 2.68. The van der Waals surface area contributed by atoms with Gasteiger partial charge in [0.15, 0.2) is 0 Å². The lowest BCUT2D eigenvalue weighted by Gasteiger charge is -2.61. The van der Waals surface area contributed by atoms with Crippen molar-refractivity contribution in [2.24, 2.45) is 22.7 Å². The zero-order valence-electron chi connectivity index (χ0n) is 15.9. The first-order valence-corrected chi connectivity index (χ1v) is 9.63. The average molecular weight is 328 g/mol. The SMILES string of the molecule is COc1cc(O)c2c(c1)CC1C2(C)CCC2C(C)(C)CCCC21C. The highest BCUT2D eigenvalue weighted by Gasteiger charge is 2.61. The molecule has 0 aliphatic heterocycles. The van der Waals surface area contributed by atoms with Crippen LogP contribution >= 0.6 is 0 Å². The maximum absolute atomic E-state index is 10.8. The molecule has 0 radical (unpaired) electrons. The minimum absolute atomic E-state index is 0.115. The van der Waals surface area contributed by atoms with Crippen molar-refractivity contribution in [1.29, 1.82) is 0 Å². The van der Waals surface area contributed by atoms with Crippen LogP contribution in [0.4, 0.5) is 0 Å². The van der Waals surface area contributed by atoms with Gasteiger partial charge in [-0.3, -0.25) is 0 Å². The molecule has 4 rings (SSSR count). The normalized spacial score (nSPS) is 39.7. The Bertz CT molecular complexity index is 677. The van der Waals surface area contributed by atoms with Gasteiger partial charge in [-0.05, 0) is 66.4 Å². The molecule has 2 nitrogen and oxygen atoms in total. The van der Waals surface area contributed by atoms with Crippen molar-refractivity contribution in [3.63, 3.8) is 0 Å². The summed E-state index contributed by atoms with van der Waals surface area (Å²) >= 11 is 0. The molecule has 0 saturated heterocycles. The molecule has 2 saturated carbocycles. The third-order valence-electron chi connectivity index (χ3n) is 8.20. The van der Waals surface area contributed by atoms with Crippen LogP contribution in [0.3, 0.4) is 0 Å². The Balaban J connectivity index is 1.82. The summed E-state index contributed by atoms with van der Waals surface area (Å²) in [5.41, 5.74) is 3.49. The number of hydrogen-bond acceptors (Lipinski definition) is 2. The van der Waals surface area contributed by atoms with E-state index in [9.17, 15) is 5.11 Å². The molecule has 2 heteroatoms. The van der Waals surface area contributed by atoms with E-state index in [4.69, 9.17) is 4.74 Å². The largest absolute Gasteiger partial charge is 0.507 e. The van der Waals surface area contributed by atoms with Gasteiger partial charge in [0.2, 0.25) is 0 Å². The fourth-order valence-electron chi connectivity index (χ4n) is 7.22. The van der Waals surface area contributed by atoms with Gasteiger partial charge in [-0.2, -0.15) is 0 Å². The van der Waals surface area contributed by atoms with E-state index in [2.05, 4.69) is 33.8 Å². The van der Waals surface area contributed by atoms with Crippen LogP contribution in [0.1, 0.15) is 70.9 Å². The molecule has 24 heavy (non-hydrogen) atoms. The summed E-state index contributed by atoms with van der Waals surface area (Å²) in [5, 5.41) is 10.8. The van der Waals surface area contributed by atoms with Crippen molar-refractivity contribution in [3.8, 4) is 11.5 Å². The summed E-state index contributed by atoms with van der Waals surface area (Å²) in [6.07, 6.45) is 7.64. The van der Waals surface area contributed by atoms with Gasteiger partial charge < -0.3 is 9.84 Å². The first kappa shape index (κ1) is 16.3. The average Bonchev–Trinajstić information content (AvgIpc) is 2.80. The second-order valence-electron chi connectivity index (χ2n) is 9.79. The van der Waals surface area contributed by atoms with Crippen molar-refractivity contribution in [1.82, 2.24) is 0 Å². The molecule has 1 N–H and O–H groups in total. The molecule has 0 bridgehead atoms. The first-order chi connectivity index (χ1) is 11.2. The molecule has 1 aromatic rings. The lowest BCUT2D eigenvalue weighted by molar-refractivity contribution is -0.0984. The minimum atomic E-state index is 0.115. The van der Waals surface area contributed by atoms with E-state index in [1.807, 2.05) is 6.07 Å². The summed E-state index contributed by atoms with van der Waals surface area (Å²) in [6, 6.07) is 3.98. The van der Waals surface area contributed by atoms with Crippen LogP contribution in [0.5, 0.6) is 11.5 Å². The summed E-state index contributed by atoms with van der Waals surface area (Å²) < 4.78 is 5.41. The van der Waals surface area contributed by atoms with Crippen LogP contribution in [0.2, 0.25) is 0 Å². The van der Waals surface area contributed by atoms with E-state index in [0.717, 1.165) is 18.1 Å². The third-order valence-corrected chi connectivity index (χ3v) is 8.20. The summed E-state index contributed by atoms with van der Waals surface area (Å²) in [4.78, 5) is 0. The number of hydrogen-bond donors (Lipinski definition) is 1. The molecule has 3 aliphatic rings. The van der Waals surface area contributed by atoms with E-state index in [-0.39, 0.29) is 5.41 Å². The minimum Gasteiger partial charge on any atom is -0.507 e. The highest BCUT2D eigenvalue weighted by atomic mass is 16.5. The van der Waals surface area contributed by atoms with Gasteiger partial charge in [-0.25, -0.2) is 0 Å². The number of benzene rings is 1. The van der Waals surface area contributed by atoms with Gasteiger partial charge in [-0.15, -0.1) is 0 Å². The van der Waals surface area contributed by atoms with E-state index in [0.29, 0.717) is 22.5 Å². The predicted octanol–water partition coefficient (Wildman–Crippen LogP) is 5.46. The quantitative estimate of drug-likeness (QED) is 0.742. The molecular formula is C22H32O2. The summed E-state index contributed by atoms with van der Waals surface area (Å²) in [6.45, 7) is 9.94. The van der Waals surface area contributed by atoms with Crippen molar-refractivity contribution in [2.75, 3.05) is 7.11 Å². The zero-order valence-corrected chi connectivity index (χ0v) is 15.9. The molecule has 0 heterocycles. The fourth-order valence-corrected chi connectivity index (χ4v) is 7.22. The number of fused-ring (bicyclic) bond motifs is 5. The zero-order chi connectivity index (χ0) is 17.3. The predicted molar refractivity (Wildman–Crippen MR) is 97.7 cm³/mol. The number of phenols is 1. The number of methoxy groups -OCH3 is 1. The molecule has 1 aromatic carbocycles. The van der Waals surface area contributed by atoms with Crippen molar-refractivity contribution in [3.05, 3.63) is 23.3 Å². The molecule has 0 spiro atoms. The first-order valence-electron chi connectivity index (χ1n) is 9.63.